The van der Waals surface area contributed by atoms with Crippen LogP contribution in [0.15, 0.2) is 0 Å². The largest absolute Gasteiger partial charge is 0.134 e. The second-order valence-corrected chi connectivity index (χ2v) is 8.23. The third-order valence-corrected chi connectivity index (χ3v) is 5.52. The smallest absolute Gasteiger partial charge is 0.0264 e. The average Bonchev–Trinajstić information content (AvgIpc) is 2.53. The molecule has 0 spiro atoms. The highest BCUT2D eigenvalue weighted by atomic mass is 31.0. The third-order valence-electron chi connectivity index (χ3n) is 4.86. The molecule has 0 N–H and O–H groups in total. The average molecular weight is 329 g/mol. The van der Waals surface area contributed by atoms with Crippen molar-refractivity contribution in [3.8, 4) is 0 Å². The Kier molecular flexibility index (Phi) is 19.9. The van der Waals surface area contributed by atoms with Gasteiger partial charge in [0.05, 0.1) is 0 Å². The Bertz CT molecular complexity index is 190. The van der Waals surface area contributed by atoms with Crippen LogP contribution in [0.25, 0.3) is 0 Å². The molecular weight excluding hydrogens is 283 g/mol. The van der Waals surface area contributed by atoms with E-state index in [1.165, 1.54) is 116 Å². The Labute approximate surface area is 144 Å². The molecule has 0 saturated heterocycles. The predicted molar refractivity (Wildman–Crippen MR) is 108 cm³/mol. The van der Waals surface area contributed by atoms with Gasteiger partial charge in [0.1, 0.15) is 0 Å². The molecule has 0 nitrogen and oxygen atoms in total. The Morgan fingerprint density at radius 1 is 0.455 bits per heavy atom. The molecule has 0 rings (SSSR count). The minimum atomic E-state index is 0.886. The van der Waals surface area contributed by atoms with Gasteiger partial charge in [-0.25, -0.2) is 0 Å². The fourth-order valence-electron chi connectivity index (χ4n) is 3.21. The van der Waals surface area contributed by atoms with Gasteiger partial charge in [0.2, 0.25) is 0 Å². The monoisotopic (exact) mass is 328 g/mol. The van der Waals surface area contributed by atoms with E-state index in [4.69, 9.17) is 0 Å². The summed E-state index contributed by atoms with van der Waals surface area (Å²) in [6.07, 6.45) is 26.1. The highest BCUT2D eigenvalue weighted by molar-refractivity contribution is 7.17. The SMILES string of the molecule is CCCCCCCCCCCCCCCCC(P)CCCC. The molecule has 2 unspecified atom stereocenters. The maximum atomic E-state index is 3.05. The van der Waals surface area contributed by atoms with Gasteiger partial charge in [-0.2, -0.15) is 0 Å². The van der Waals surface area contributed by atoms with Gasteiger partial charge >= 0.3 is 0 Å². The van der Waals surface area contributed by atoms with Crippen LogP contribution in [-0.4, -0.2) is 5.66 Å². The van der Waals surface area contributed by atoms with Crippen molar-refractivity contribution >= 4 is 9.24 Å². The summed E-state index contributed by atoms with van der Waals surface area (Å²) in [5.41, 5.74) is 0.886. The van der Waals surface area contributed by atoms with Crippen LogP contribution in [0.2, 0.25) is 0 Å². The molecule has 0 heterocycles. The van der Waals surface area contributed by atoms with E-state index in [-0.39, 0.29) is 0 Å². The van der Waals surface area contributed by atoms with Gasteiger partial charge in [0.25, 0.3) is 0 Å². The lowest BCUT2D eigenvalue weighted by molar-refractivity contribution is 0.527. The van der Waals surface area contributed by atoms with Crippen molar-refractivity contribution in [3.63, 3.8) is 0 Å². The van der Waals surface area contributed by atoms with Gasteiger partial charge < -0.3 is 0 Å². The second-order valence-electron chi connectivity index (χ2n) is 7.29. The molecule has 2 atom stereocenters. The maximum Gasteiger partial charge on any atom is -0.0264 e. The van der Waals surface area contributed by atoms with Crippen LogP contribution < -0.4 is 0 Å². The van der Waals surface area contributed by atoms with Gasteiger partial charge in [-0.3, -0.25) is 0 Å². The summed E-state index contributed by atoms with van der Waals surface area (Å²) < 4.78 is 0. The maximum absolute atomic E-state index is 3.05. The van der Waals surface area contributed by atoms with E-state index in [9.17, 15) is 0 Å². The zero-order valence-electron chi connectivity index (χ0n) is 15.9. The van der Waals surface area contributed by atoms with Crippen molar-refractivity contribution in [3.05, 3.63) is 0 Å². The first-order valence-corrected chi connectivity index (χ1v) is 11.2. The minimum Gasteiger partial charge on any atom is -0.134 e. The Balaban J connectivity index is 3.02. The van der Waals surface area contributed by atoms with E-state index in [0.717, 1.165) is 5.66 Å². The molecule has 0 aliphatic rings. The van der Waals surface area contributed by atoms with E-state index < -0.39 is 0 Å². The van der Waals surface area contributed by atoms with Crippen molar-refractivity contribution in [2.24, 2.45) is 0 Å². The minimum absolute atomic E-state index is 0.886. The van der Waals surface area contributed by atoms with Crippen LogP contribution in [0.1, 0.15) is 129 Å². The molecule has 0 bridgehead atoms. The molecular formula is C21H45P. The predicted octanol–water partition coefficient (Wildman–Crippen LogP) is 8.29. The summed E-state index contributed by atoms with van der Waals surface area (Å²) in [6.45, 7) is 4.59. The van der Waals surface area contributed by atoms with Crippen LogP contribution in [0.3, 0.4) is 0 Å². The summed E-state index contributed by atoms with van der Waals surface area (Å²) >= 11 is 0. The van der Waals surface area contributed by atoms with Gasteiger partial charge in [-0.1, -0.05) is 117 Å². The van der Waals surface area contributed by atoms with Crippen molar-refractivity contribution in [1.82, 2.24) is 0 Å². The highest BCUT2D eigenvalue weighted by Gasteiger charge is 2.01. The molecule has 22 heavy (non-hydrogen) atoms. The molecule has 0 aliphatic carbocycles. The lowest BCUT2D eigenvalue weighted by atomic mass is 10.0. The summed E-state index contributed by atoms with van der Waals surface area (Å²) in [4.78, 5) is 0. The number of hydrogen-bond donors (Lipinski definition) is 0. The summed E-state index contributed by atoms with van der Waals surface area (Å²) in [6, 6.07) is 0. The van der Waals surface area contributed by atoms with Crippen LogP contribution in [-0.2, 0) is 0 Å². The molecule has 0 aromatic carbocycles. The first kappa shape index (κ1) is 22.4. The summed E-state index contributed by atoms with van der Waals surface area (Å²) in [5, 5.41) is 0. The topological polar surface area (TPSA) is 0 Å². The summed E-state index contributed by atoms with van der Waals surface area (Å²) in [7, 11) is 3.05. The summed E-state index contributed by atoms with van der Waals surface area (Å²) in [5.74, 6) is 0. The second kappa shape index (κ2) is 19.5. The molecule has 0 amide bonds. The van der Waals surface area contributed by atoms with Crippen LogP contribution in [0.4, 0.5) is 0 Å². The molecule has 1 heteroatoms. The van der Waals surface area contributed by atoms with Gasteiger partial charge in [-0.15, -0.1) is 9.24 Å². The fourth-order valence-corrected chi connectivity index (χ4v) is 3.68. The van der Waals surface area contributed by atoms with E-state index in [0.29, 0.717) is 0 Å². The van der Waals surface area contributed by atoms with Crippen LogP contribution in [0.5, 0.6) is 0 Å². The standard InChI is InChI=1S/C21H45P/c1-3-5-7-8-9-10-11-12-13-14-15-16-17-18-20-21(22)19-6-4-2/h21H,3-20,22H2,1-2H3. The van der Waals surface area contributed by atoms with E-state index in [1.807, 2.05) is 0 Å². The molecule has 0 aliphatic heterocycles. The lowest BCUT2D eigenvalue weighted by Crippen LogP contribution is -1.97. The molecule has 0 radical (unpaired) electrons. The van der Waals surface area contributed by atoms with Crippen molar-refractivity contribution in [1.29, 1.82) is 0 Å². The molecule has 0 saturated carbocycles. The molecule has 134 valence electrons. The Morgan fingerprint density at radius 2 is 0.773 bits per heavy atom. The Morgan fingerprint density at radius 3 is 1.18 bits per heavy atom. The van der Waals surface area contributed by atoms with Gasteiger partial charge in [-0.05, 0) is 18.5 Å². The molecule has 0 aromatic heterocycles. The molecule has 0 fully saturated rings. The number of rotatable bonds is 18. The third kappa shape index (κ3) is 18.5. The first-order chi connectivity index (χ1) is 10.8. The molecule has 0 aromatic rings. The van der Waals surface area contributed by atoms with Crippen molar-refractivity contribution < 1.29 is 0 Å². The first-order valence-electron chi connectivity index (χ1n) is 10.6. The van der Waals surface area contributed by atoms with Gasteiger partial charge in [0, 0.05) is 0 Å². The highest BCUT2D eigenvalue weighted by Crippen LogP contribution is 2.18. The van der Waals surface area contributed by atoms with Crippen molar-refractivity contribution in [2.75, 3.05) is 0 Å². The Hall–Kier alpha value is 0.430. The normalized spacial score (nSPS) is 12.7. The quantitative estimate of drug-likeness (QED) is 0.175. The number of hydrogen-bond acceptors (Lipinski definition) is 0. The number of unbranched alkanes of at least 4 members (excludes halogenated alkanes) is 14. The lowest BCUT2D eigenvalue weighted by Gasteiger charge is -2.09. The fraction of sp³-hybridized carbons (Fsp3) is 1.00. The van der Waals surface area contributed by atoms with Crippen LogP contribution in [0, 0.1) is 0 Å². The zero-order valence-corrected chi connectivity index (χ0v) is 17.0. The van der Waals surface area contributed by atoms with Gasteiger partial charge in [0.15, 0.2) is 0 Å². The van der Waals surface area contributed by atoms with Crippen LogP contribution >= 0.6 is 9.24 Å². The van der Waals surface area contributed by atoms with E-state index in [1.54, 1.807) is 0 Å². The van der Waals surface area contributed by atoms with E-state index >= 15 is 0 Å². The zero-order chi connectivity index (χ0) is 16.3. The van der Waals surface area contributed by atoms with Crippen molar-refractivity contribution in [2.45, 2.75) is 135 Å². The van der Waals surface area contributed by atoms with E-state index in [2.05, 4.69) is 23.1 Å².